The van der Waals surface area contributed by atoms with Gasteiger partial charge in [0.25, 0.3) is 17.5 Å². The van der Waals surface area contributed by atoms with Crippen molar-refractivity contribution in [2.24, 2.45) is 0 Å². The zero-order valence-corrected chi connectivity index (χ0v) is 16.4. The van der Waals surface area contributed by atoms with E-state index >= 15 is 0 Å². The van der Waals surface area contributed by atoms with Crippen LogP contribution in [0, 0.1) is 17.0 Å². The third kappa shape index (κ3) is 5.76. The molecule has 2 N–H and O–H groups in total. The van der Waals surface area contributed by atoms with E-state index in [1.165, 1.54) is 30.4 Å². The topological polar surface area (TPSA) is 128 Å². The summed E-state index contributed by atoms with van der Waals surface area (Å²) in [5.41, 5.74) is -0.0827. The Bertz CT molecular complexity index is 929. The zero-order valence-electron chi connectivity index (χ0n) is 14.9. The first-order valence-electron chi connectivity index (χ1n) is 7.96. The number of nitrogens with one attached hydrogen (secondary N) is 2. The van der Waals surface area contributed by atoms with Gasteiger partial charge in [-0.05, 0) is 32.0 Å². The van der Waals surface area contributed by atoms with E-state index in [1.807, 2.05) is 6.92 Å². The molecule has 2 amide bonds. The number of benzene rings is 1. The highest BCUT2D eigenvalue weighted by molar-refractivity contribution is 7.13. The molecule has 0 aliphatic carbocycles. The number of ether oxygens (including phenoxy) is 1. The molecule has 1 aromatic heterocycles. The summed E-state index contributed by atoms with van der Waals surface area (Å²) in [6, 6.07) is 6.98. The van der Waals surface area contributed by atoms with Gasteiger partial charge in [-0.25, -0.2) is 0 Å². The largest absolute Gasteiger partial charge is 0.451 e. The average molecular weight is 426 g/mol. The molecule has 0 radical (unpaired) electrons. The van der Waals surface area contributed by atoms with Crippen LogP contribution in [0.15, 0.2) is 30.3 Å². The van der Waals surface area contributed by atoms with Crippen molar-refractivity contribution >= 4 is 52.1 Å². The number of esters is 1. The molecule has 2 rings (SSSR count). The van der Waals surface area contributed by atoms with Crippen molar-refractivity contribution in [2.45, 2.75) is 20.0 Å². The van der Waals surface area contributed by atoms with Gasteiger partial charge in [-0.1, -0.05) is 11.6 Å². The van der Waals surface area contributed by atoms with Crippen molar-refractivity contribution in [1.29, 1.82) is 0 Å². The summed E-state index contributed by atoms with van der Waals surface area (Å²) in [4.78, 5) is 47.3. The van der Waals surface area contributed by atoms with Crippen LogP contribution in [0.1, 0.15) is 21.5 Å². The number of hydrogen-bond donors (Lipinski definition) is 2. The Balaban J connectivity index is 1.85. The van der Waals surface area contributed by atoms with Gasteiger partial charge in [0, 0.05) is 17.0 Å². The molecule has 1 heterocycles. The molecule has 0 saturated heterocycles. The Morgan fingerprint density at radius 2 is 2.00 bits per heavy atom. The smallest absolute Gasteiger partial charge is 0.326 e. The first-order chi connectivity index (χ1) is 13.2. The summed E-state index contributed by atoms with van der Waals surface area (Å²) >= 11 is 7.19. The highest BCUT2D eigenvalue weighted by Gasteiger charge is 2.20. The van der Waals surface area contributed by atoms with Crippen molar-refractivity contribution in [3.63, 3.8) is 0 Å². The van der Waals surface area contributed by atoms with Gasteiger partial charge >= 0.3 is 5.97 Å². The molecule has 9 nitrogen and oxygen atoms in total. The SMILES string of the molecule is Cc1ccc(C(=O)NCC(=O)O[C@@H](C)C(=O)Nc2ccc([N+](=O)[O-])cc2Cl)s1. The summed E-state index contributed by atoms with van der Waals surface area (Å²) in [6.07, 6.45) is -1.17. The number of hydrogen-bond acceptors (Lipinski definition) is 7. The second-order valence-electron chi connectivity index (χ2n) is 5.64. The lowest BCUT2D eigenvalue weighted by Gasteiger charge is -2.14. The molecule has 1 atom stereocenters. The van der Waals surface area contributed by atoms with E-state index in [0.29, 0.717) is 4.88 Å². The minimum Gasteiger partial charge on any atom is -0.451 e. The minimum atomic E-state index is -1.17. The quantitative estimate of drug-likeness (QED) is 0.398. The summed E-state index contributed by atoms with van der Waals surface area (Å²) in [5, 5.41) is 15.5. The van der Waals surface area contributed by atoms with E-state index < -0.39 is 35.4 Å². The Kier molecular flexibility index (Phi) is 7.07. The lowest BCUT2D eigenvalue weighted by atomic mass is 10.2. The van der Waals surface area contributed by atoms with E-state index in [-0.39, 0.29) is 16.4 Å². The molecule has 2 aromatic rings. The molecule has 0 unspecified atom stereocenters. The number of amides is 2. The summed E-state index contributed by atoms with van der Waals surface area (Å²) in [5.74, 6) is -1.88. The first kappa shape index (κ1) is 21.3. The lowest BCUT2D eigenvalue weighted by molar-refractivity contribution is -0.384. The number of carbonyl (C=O) groups excluding carboxylic acids is 3. The number of carbonyl (C=O) groups is 3. The van der Waals surface area contributed by atoms with E-state index in [0.717, 1.165) is 10.9 Å². The van der Waals surface area contributed by atoms with Crippen LogP contribution in [0.5, 0.6) is 0 Å². The fourth-order valence-corrected chi connectivity index (χ4v) is 3.05. The molecule has 0 spiro atoms. The van der Waals surface area contributed by atoms with Crippen molar-refractivity contribution in [3.05, 3.63) is 55.2 Å². The number of thiophene rings is 1. The van der Waals surface area contributed by atoms with Crippen LogP contribution in [0.25, 0.3) is 0 Å². The van der Waals surface area contributed by atoms with Crippen LogP contribution < -0.4 is 10.6 Å². The van der Waals surface area contributed by atoms with E-state index in [2.05, 4.69) is 10.6 Å². The maximum absolute atomic E-state index is 12.1. The molecule has 0 aliphatic heterocycles. The number of rotatable bonds is 7. The maximum atomic E-state index is 12.1. The number of nitro groups is 1. The van der Waals surface area contributed by atoms with Crippen LogP contribution in [0.4, 0.5) is 11.4 Å². The minimum absolute atomic E-state index is 0.0282. The highest BCUT2D eigenvalue weighted by atomic mass is 35.5. The van der Waals surface area contributed by atoms with Gasteiger partial charge in [0.1, 0.15) is 6.54 Å². The Morgan fingerprint density at radius 1 is 1.29 bits per heavy atom. The van der Waals surface area contributed by atoms with E-state index in [4.69, 9.17) is 16.3 Å². The molecule has 0 aliphatic rings. The first-order valence-corrected chi connectivity index (χ1v) is 9.15. The van der Waals surface area contributed by atoms with Crippen LogP contribution in [-0.4, -0.2) is 35.4 Å². The zero-order chi connectivity index (χ0) is 20.8. The lowest BCUT2D eigenvalue weighted by Crippen LogP contribution is -2.35. The monoisotopic (exact) mass is 425 g/mol. The molecule has 148 valence electrons. The van der Waals surface area contributed by atoms with Gasteiger partial charge in [0.05, 0.1) is 20.5 Å². The van der Waals surface area contributed by atoms with Crippen molar-refractivity contribution in [3.8, 4) is 0 Å². The number of non-ortho nitro benzene ring substituents is 1. The predicted molar refractivity (Wildman–Crippen MR) is 104 cm³/mol. The van der Waals surface area contributed by atoms with Crippen LogP contribution in [0.2, 0.25) is 5.02 Å². The standard InChI is InChI=1S/C17H16ClN3O6S/c1-9-3-6-14(28-9)17(24)19-8-15(22)27-10(2)16(23)20-13-5-4-11(21(25)26)7-12(13)18/h3-7,10H,8H2,1-2H3,(H,19,24)(H,20,23)/t10-/m0/s1. The summed E-state index contributed by atoms with van der Waals surface area (Å²) in [6.45, 7) is 2.80. The van der Waals surface area contributed by atoms with Gasteiger partial charge in [-0.15, -0.1) is 11.3 Å². The van der Waals surface area contributed by atoms with Gasteiger partial charge in [-0.3, -0.25) is 24.5 Å². The molecular formula is C17H16ClN3O6S. The fourth-order valence-electron chi connectivity index (χ4n) is 2.04. The number of aryl methyl sites for hydroxylation is 1. The molecule has 0 bridgehead atoms. The van der Waals surface area contributed by atoms with Crippen LogP contribution in [-0.2, 0) is 14.3 Å². The average Bonchev–Trinajstić information content (AvgIpc) is 3.07. The van der Waals surface area contributed by atoms with Crippen molar-refractivity contribution in [1.82, 2.24) is 5.32 Å². The highest BCUT2D eigenvalue weighted by Crippen LogP contribution is 2.26. The van der Waals surface area contributed by atoms with Gasteiger partial charge in [0.15, 0.2) is 6.10 Å². The fraction of sp³-hybridized carbons (Fsp3) is 0.235. The number of anilines is 1. The summed E-state index contributed by atoms with van der Waals surface area (Å²) < 4.78 is 4.96. The van der Waals surface area contributed by atoms with Crippen LogP contribution in [0.3, 0.4) is 0 Å². The second kappa shape index (κ2) is 9.29. The Labute approximate surface area is 168 Å². The molecule has 28 heavy (non-hydrogen) atoms. The molecular weight excluding hydrogens is 410 g/mol. The van der Waals surface area contributed by atoms with Gasteiger partial charge in [0.2, 0.25) is 0 Å². The van der Waals surface area contributed by atoms with Gasteiger partial charge in [-0.2, -0.15) is 0 Å². The number of nitro benzene ring substituents is 1. The van der Waals surface area contributed by atoms with Crippen molar-refractivity contribution in [2.75, 3.05) is 11.9 Å². The molecule has 0 fully saturated rings. The Hall–Kier alpha value is -2.98. The van der Waals surface area contributed by atoms with Crippen molar-refractivity contribution < 1.29 is 24.0 Å². The normalized spacial score (nSPS) is 11.4. The van der Waals surface area contributed by atoms with Gasteiger partial charge < -0.3 is 15.4 Å². The van der Waals surface area contributed by atoms with E-state index in [1.54, 1.807) is 12.1 Å². The summed E-state index contributed by atoms with van der Waals surface area (Å²) in [7, 11) is 0. The maximum Gasteiger partial charge on any atom is 0.326 e. The number of nitrogens with zero attached hydrogens (tertiary/aromatic N) is 1. The second-order valence-corrected chi connectivity index (χ2v) is 7.33. The molecule has 11 heteroatoms. The third-order valence-electron chi connectivity index (χ3n) is 3.46. The Morgan fingerprint density at radius 3 is 2.57 bits per heavy atom. The molecule has 0 saturated carbocycles. The molecule has 1 aromatic carbocycles. The van der Waals surface area contributed by atoms with E-state index in [9.17, 15) is 24.5 Å². The number of halogens is 1. The predicted octanol–water partition coefficient (Wildman–Crippen LogP) is 2.92. The third-order valence-corrected chi connectivity index (χ3v) is 4.77. The van der Waals surface area contributed by atoms with Crippen LogP contribution >= 0.6 is 22.9 Å².